The largest absolute Gasteiger partial charge is 0.370 e. The lowest BCUT2D eigenvalue weighted by Gasteiger charge is -2.28. The normalized spacial score (nSPS) is 11.8. The fraction of sp³-hybridized carbons (Fsp3) is 0.667. The molecule has 1 rings (SSSR count). The van der Waals surface area contributed by atoms with E-state index in [0.29, 0.717) is 25.1 Å². The number of ether oxygens (including phenoxy) is 1. The van der Waals surface area contributed by atoms with Crippen molar-refractivity contribution in [3.8, 4) is 0 Å². The molecule has 0 aliphatic rings. The van der Waals surface area contributed by atoms with Crippen molar-refractivity contribution in [2.45, 2.75) is 45.8 Å². The summed E-state index contributed by atoms with van der Waals surface area (Å²) >= 11 is 0. The number of nitrogens with zero attached hydrogens (tertiary/aromatic N) is 2. The maximum absolute atomic E-state index is 12.4. The van der Waals surface area contributed by atoms with Crippen LogP contribution in [0.3, 0.4) is 0 Å². The zero-order chi connectivity index (χ0) is 12.2. The van der Waals surface area contributed by atoms with Gasteiger partial charge in [-0.25, -0.2) is 0 Å². The summed E-state index contributed by atoms with van der Waals surface area (Å²) in [6.07, 6.45) is 3.00. The van der Waals surface area contributed by atoms with Gasteiger partial charge in [0.2, 0.25) is 5.78 Å². The first-order valence-electron chi connectivity index (χ1n) is 5.76. The first-order chi connectivity index (χ1) is 7.65. The molecule has 1 aromatic heterocycles. The number of aryl methyl sites for hydroxylation is 1. The molecule has 16 heavy (non-hydrogen) atoms. The first kappa shape index (κ1) is 12.9. The van der Waals surface area contributed by atoms with Gasteiger partial charge in [-0.15, -0.1) is 0 Å². The van der Waals surface area contributed by atoms with Gasteiger partial charge in [-0.2, -0.15) is 5.10 Å². The maximum Gasteiger partial charge on any atom is 0.212 e. The molecule has 0 unspecified atom stereocenters. The molecule has 0 aliphatic carbocycles. The van der Waals surface area contributed by atoms with Crippen LogP contribution in [0, 0.1) is 0 Å². The molecule has 0 saturated heterocycles. The fourth-order valence-corrected chi connectivity index (χ4v) is 1.96. The molecule has 0 aliphatic heterocycles. The van der Waals surface area contributed by atoms with Gasteiger partial charge in [0.15, 0.2) is 0 Å². The Morgan fingerprint density at radius 3 is 2.50 bits per heavy atom. The van der Waals surface area contributed by atoms with Gasteiger partial charge in [0, 0.05) is 19.9 Å². The Hall–Kier alpha value is -1.16. The minimum Gasteiger partial charge on any atom is -0.370 e. The van der Waals surface area contributed by atoms with Gasteiger partial charge in [-0.05, 0) is 25.8 Å². The molecule has 0 saturated carbocycles. The van der Waals surface area contributed by atoms with E-state index in [2.05, 4.69) is 5.10 Å². The monoisotopic (exact) mass is 224 g/mol. The molecular weight excluding hydrogens is 204 g/mol. The van der Waals surface area contributed by atoms with E-state index >= 15 is 0 Å². The van der Waals surface area contributed by atoms with Crippen LogP contribution in [0.4, 0.5) is 0 Å². The minimum atomic E-state index is -0.701. The van der Waals surface area contributed by atoms with Crippen molar-refractivity contribution < 1.29 is 9.53 Å². The predicted molar refractivity (Wildman–Crippen MR) is 62.6 cm³/mol. The number of rotatable bonds is 6. The smallest absolute Gasteiger partial charge is 0.212 e. The van der Waals surface area contributed by atoms with Crippen LogP contribution in [0.5, 0.6) is 0 Å². The van der Waals surface area contributed by atoms with Gasteiger partial charge in [-0.1, -0.05) is 13.8 Å². The van der Waals surface area contributed by atoms with Gasteiger partial charge >= 0.3 is 0 Å². The second-order valence-corrected chi connectivity index (χ2v) is 3.77. The minimum absolute atomic E-state index is 0.0272. The number of hydrogen-bond acceptors (Lipinski definition) is 3. The van der Waals surface area contributed by atoms with E-state index < -0.39 is 5.60 Å². The zero-order valence-corrected chi connectivity index (χ0v) is 10.5. The summed E-state index contributed by atoms with van der Waals surface area (Å²) in [5, 5.41) is 4.11. The fourth-order valence-electron chi connectivity index (χ4n) is 1.96. The predicted octanol–water partition coefficient (Wildman–Crippen LogP) is 2.29. The number of carbonyl (C=O) groups is 1. The Bertz CT molecular complexity index is 345. The van der Waals surface area contributed by atoms with Crippen molar-refractivity contribution in [3.05, 3.63) is 18.0 Å². The quantitative estimate of drug-likeness (QED) is 0.696. The molecule has 4 nitrogen and oxygen atoms in total. The summed E-state index contributed by atoms with van der Waals surface area (Å²) in [4.78, 5) is 12.4. The summed E-state index contributed by atoms with van der Waals surface area (Å²) in [5.74, 6) is 0.0272. The second-order valence-electron chi connectivity index (χ2n) is 3.77. The lowest BCUT2D eigenvalue weighted by Crippen LogP contribution is -2.40. The van der Waals surface area contributed by atoms with E-state index in [4.69, 9.17) is 4.74 Å². The van der Waals surface area contributed by atoms with Gasteiger partial charge in [0.25, 0.3) is 0 Å². The van der Waals surface area contributed by atoms with Gasteiger partial charge in [-0.3, -0.25) is 9.48 Å². The Morgan fingerprint density at radius 2 is 2.06 bits per heavy atom. The topological polar surface area (TPSA) is 44.1 Å². The average molecular weight is 224 g/mol. The van der Waals surface area contributed by atoms with E-state index in [9.17, 15) is 4.79 Å². The zero-order valence-electron chi connectivity index (χ0n) is 10.5. The molecule has 0 N–H and O–H groups in total. The number of hydrogen-bond donors (Lipinski definition) is 0. The summed E-state index contributed by atoms with van der Waals surface area (Å²) < 4.78 is 7.14. The highest BCUT2D eigenvalue weighted by atomic mass is 16.5. The molecule has 4 heteroatoms. The molecule has 90 valence electrons. The maximum atomic E-state index is 12.4. The van der Waals surface area contributed by atoms with Crippen LogP contribution in [0.2, 0.25) is 0 Å². The van der Waals surface area contributed by atoms with Crippen LogP contribution in [-0.4, -0.2) is 28.3 Å². The molecule has 1 heterocycles. The van der Waals surface area contributed by atoms with Crippen molar-refractivity contribution in [1.29, 1.82) is 0 Å². The molecule has 0 radical (unpaired) electrons. The van der Waals surface area contributed by atoms with Crippen molar-refractivity contribution in [2.75, 3.05) is 7.11 Å². The number of aromatic nitrogens is 2. The SMILES string of the molecule is CCn1nccc1C(=O)C(CC)(CC)OC. The highest BCUT2D eigenvalue weighted by Crippen LogP contribution is 2.24. The number of ketones is 1. The van der Waals surface area contributed by atoms with Crippen LogP contribution in [-0.2, 0) is 11.3 Å². The highest BCUT2D eigenvalue weighted by molar-refractivity contribution is 6.01. The third-order valence-electron chi connectivity index (χ3n) is 3.20. The molecule has 0 atom stereocenters. The van der Waals surface area contributed by atoms with E-state index in [0.717, 1.165) is 0 Å². The van der Waals surface area contributed by atoms with Crippen molar-refractivity contribution in [2.24, 2.45) is 0 Å². The third kappa shape index (κ3) is 2.02. The number of methoxy groups -OCH3 is 1. The van der Waals surface area contributed by atoms with Gasteiger partial charge in [0.05, 0.1) is 0 Å². The third-order valence-corrected chi connectivity index (χ3v) is 3.20. The first-order valence-corrected chi connectivity index (χ1v) is 5.76. The van der Waals surface area contributed by atoms with E-state index in [-0.39, 0.29) is 5.78 Å². The Balaban J connectivity index is 3.08. The van der Waals surface area contributed by atoms with Crippen molar-refractivity contribution in [1.82, 2.24) is 9.78 Å². The van der Waals surface area contributed by atoms with Gasteiger partial charge in [0.1, 0.15) is 11.3 Å². The van der Waals surface area contributed by atoms with Gasteiger partial charge < -0.3 is 4.74 Å². The number of Topliss-reactive ketones (excluding diaryl/α,β-unsaturated/α-hetero) is 1. The average Bonchev–Trinajstić information content (AvgIpc) is 2.79. The van der Waals surface area contributed by atoms with E-state index in [1.54, 1.807) is 24.1 Å². The highest BCUT2D eigenvalue weighted by Gasteiger charge is 2.36. The van der Waals surface area contributed by atoms with E-state index in [1.165, 1.54) is 0 Å². The standard InChI is InChI=1S/C12H20N2O2/c1-5-12(6-2,16-4)11(15)10-8-9-13-14(10)7-3/h8-9H,5-7H2,1-4H3. The number of carbonyl (C=O) groups excluding carboxylic acids is 1. The summed E-state index contributed by atoms with van der Waals surface area (Å²) in [6.45, 7) is 6.60. The summed E-state index contributed by atoms with van der Waals surface area (Å²) in [6, 6.07) is 1.75. The van der Waals surface area contributed by atoms with Crippen LogP contribution < -0.4 is 0 Å². The second kappa shape index (κ2) is 5.25. The Morgan fingerprint density at radius 1 is 1.44 bits per heavy atom. The Labute approximate surface area is 96.6 Å². The molecule has 0 fully saturated rings. The van der Waals surface area contributed by atoms with Crippen molar-refractivity contribution in [3.63, 3.8) is 0 Å². The van der Waals surface area contributed by atoms with Crippen molar-refractivity contribution >= 4 is 5.78 Å². The molecule has 0 spiro atoms. The summed E-state index contributed by atoms with van der Waals surface area (Å²) in [5.41, 5.74) is -0.0690. The van der Waals surface area contributed by atoms with E-state index in [1.807, 2.05) is 20.8 Å². The van der Waals surface area contributed by atoms with Crippen LogP contribution in [0.25, 0.3) is 0 Å². The lowest BCUT2D eigenvalue weighted by molar-refractivity contribution is -0.00343. The summed E-state index contributed by atoms with van der Waals surface area (Å²) in [7, 11) is 1.59. The van der Waals surface area contributed by atoms with Crippen LogP contribution in [0.15, 0.2) is 12.3 Å². The molecule has 0 aromatic carbocycles. The molecular formula is C12H20N2O2. The van der Waals surface area contributed by atoms with Crippen LogP contribution in [0.1, 0.15) is 44.1 Å². The lowest BCUT2D eigenvalue weighted by atomic mass is 9.90. The molecule has 0 amide bonds. The molecule has 1 aromatic rings. The Kier molecular flexibility index (Phi) is 4.24. The van der Waals surface area contributed by atoms with Crippen LogP contribution >= 0.6 is 0 Å². The molecule has 0 bridgehead atoms.